The van der Waals surface area contributed by atoms with Gasteiger partial charge in [-0.1, -0.05) is 0 Å². The van der Waals surface area contributed by atoms with Crippen LogP contribution in [-0.4, -0.2) is 67.8 Å². The molecule has 1 atom stereocenters. The summed E-state index contributed by atoms with van der Waals surface area (Å²) in [5, 5.41) is 12.8. The number of morpholine rings is 1. The summed E-state index contributed by atoms with van der Waals surface area (Å²) in [4.78, 5) is 2.01. The van der Waals surface area contributed by atoms with Crippen molar-refractivity contribution in [3.05, 3.63) is 0 Å². The van der Waals surface area contributed by atoms with E-state index >= 15 is 0 Å². The van der Waals surface area contributed by atoms with Crippen molar-refractivity contribution in [2.45, 2.75) is 6.10 Å². The number of hydrogen-bond acceptors (Lipinski definition) is 4. The van der Waals surface area contributed by atoms with Crippen LogP contribution in [0.1, 0.15) is 0 Å². The van der Waals surface area contributed by atoms with E-state index in [2.05, 4.69) is 5.32 Å². The molecule has 1 fully saturated rings. The van der Waals surface area contributed by atoms with Gasteiger partial charge in [0.1, 0.15) is 0 Å². The van der Waals surface area contributed by atoms with E-state index in [1.54, 1.807) is 7.11 Å². The predicted octanol–water partition coefficient (Wildman–Crippen LogP) is -0.800. The maximum Gasteiger partial charge on any atom is 0.169 e. The lowest BCUT2D eigenvalue weighted by molar-refractivity contribution is -0.0342. The molecule has 5 nitrogen and oxygen atoms in total. The number of nitrogens with zero attached hydrogens (tertiary/aromatic N) is 1. The van der Waals surface area contributed by atoms with Crippen LogP contribution in [0, 0.1) is 0 Å². The van der Waals surface area contributed by atoms with Crippen molar-refractivity contribution in [3.63, 3.8) is 0 Å². The van der Waals surface area contributed by atoms with Gasteiger partial charge in [-0.3, -0.25) is 0 Å². The number of methoxy groups -OCH3 is 1. The van der Waals surface area contributed by atoms with Gasteiger partial charge in [-0.15, -0.1) is 0 Å². The highest BCUT2D eigenvalue weighted by Gasteiger charge is 2.21. The second kappa shape index (κ2) is 6.95. The molecule has 88 valence electrons. The van der Waals surface area contributed by atoms with E-state index in [4.69, 9.17) is 26.8 Å². The van der Waals surface area contributed by atoms with Crippen molar-refractivity contribution in [1.29, 1.82) is 0 Å². The fourth-order valence-corrected chi connectivity index (χ4v) is 1.65. The third-order valence-electron chi connectivity index (χ3n) is 2.21. The summed E-state index contributed by atoms with van der Waals surface area (Å²) in [6, 6.07) is 0. The van der Waals surface area contributed by atoms with Crippen molar-refractivity contribution in [1.82, 2.24) is 10.2 Å². The van der Waals surface area contributed by atoms with Gasteiger partial charge in [0.05, 0.1) is 25.9 Å². The summed E-state index contributed by atoms with van der Waals surface area (Å²) in [6.07, 6.45) is -0.124. The second-order valence-corrected chi connectivity index (χ2v) is 3.73. The zero-order valence-electron chi connectivity index (χ0n) is 8.94. The molecule has 0 saturated carbocycles. The summed E-state index contributed by atoms with van der Waals surface area (Å²) in [5.74, 6) is 0. The van der Waals surface area contributed by atoms with Crippen LogP contribution in [0.5, 0.6) is 0 Å². The number of thiocarbonyl (C=S) groups is 1. The van der Waals surface area contributed by atoms with Gasteiger partial charge in [-0.2, -0.15) is 0 Å². The molecular weight excluding hydrogens is 216 g/mol. The number of aliphatic hydroxyl groups excluding tert-OH is 1. The number of nitrogens with one attached hydrogen (secondary N) is 1. The smallest absolute Gasteiger partial charge is 0.169 e. The van der Waals surface area contributed by atoms with Crippen LogP contribution in [-0.2, 0) is 9.47 Å². The molecule has 0 aromatic heterocycles. The minimum atomic E-state index is -0.124. The maximum atomic E-state index is 8.97. The van der Waals surface area contributed by atoms with E-state index in [1.807, 2.05) is 4.90 Å². The lowest BCUT2D eigenvalue weighted by atomic mass is 10.3. The Labute approximate surface area is 95.3 Å². The van der Waals surface area contributed by atoms with E-state index < -0.39 is 0 Å². The Kier molecular flexibility index (Phi) is 5.85. The van der Waals surface area contributed by atoms with Crippen LogP contribution in [0.3, 0.4) is 0 Å². The van der Waals surface area contributed by atoms with E-state index in [1.165, 1.54) is 0 Å². The molecule has 0 aromatic carbocycles. The van der Waals surface area contributed by atoms with Crippen LogP contribution in [0.25, 0.3) is 0 Å². The Balaban J connectivity index is 2.25. The van der Waals surface area contributed by atoms with Gasteiger partial charge in [0.15, 0.2) is 5.11 Å². The molecule has 1 saturated heterocycles. The fourth-order valence-electron chi connectivity index (χ4n) is 1.39. The Morgan fingerprint density at radius 2 is 2.53 bits per heavy atom. The number of aliphatic hydroxyl groups is 1. The van der Waals surface area contributed by atoms with Gasteiger partial charge >= 0.3 is 0 Å². The van der Waals surface area contributed by atoms with Crippen molar-refractivity contribution in [3.8, 4) is 0 Å². The van der Waals surface area contributed by atoms with E-state index in [0.717, 1.165) is 6.54 Å². The largest absolute Gasteiger partial charge is 0.394 e. The van der Waals surface area contributed by atoms with Gasteiger partial charge in [0.25, 0.3) is 0 Å². The normalized spacial score (nSPS) is 21.5. The van der Waals surface area contributed by atoms with Crippen molar-refractivity contribution in [2.75, 3.05) is 46.6 Å². The van der Waals surface area contributed by atoms with Gasteiger partial charge in [0, 0.05) is 26.7 Å². The Morgan fingerprint density at radius 1 is 1.73 bits per heavy atom. The van der Waals surface area contributed by atoms with Gasteiger partial charge in [0.2, 0.25) is 0 Å². The predicted molar refractivity (Wildman–Crippen MR) is 60.9 cm³/mol. The minimum absolute atomic E-state index is 0.0389. The van der Waals surface area contributed by atoms with Crippen molar-refractivity contribution in [2.24, 2.45) is 0 Å². The first kappa shape index (κ1) is 12.6. The molecule has 15 heavy (non-hydrogen) atoms. The first-order valence-corrected chi connectivity index (χ1v) is 5.43. The number of ether oxygens (including phenoxy) is 2. The Bertz CT molecular complexity index is 204. The Hall–Kier alpha value is -0.430. The highest BCUT2D eigenvalue weighted by Crippen LogP contribution is 2.04. The molecule has 0 aromatic rings. The van der Waals surface area contributed by atoms with E-state index in [-0.39, 0.29) is 12.7 Å². The number of hydrogen-bond donors (Lipinski definition) is 2. The fraction of sp³-hybridized carbons (Fsp3) is 0.889. The molecule has 1 aliphatic heterocycles. The molecule has 2 N–H and O–H groups in total. The first-order valence-electron chi connectivity index (χ1n) is 5.02. The van der Waals surface area contributed by atoms with E-state index in [0.29, 0.717) is 31.4 Å². The molecule has 0 aliphatic carbocycles. The Morgan fingerprint density at radius 3 is 3.20 bits per heavy atom. The molecule has 6 heteroatoms. The van der Waals surface area contributed by atoms with Crippen LogP contribution in [0.15, 0.2) is 0 Å². The molecule has 1 unspecified atom stereocenters. The summed E-state index contributed by atoms with van der Waals surface area (Å²) in [5.41, 5.74) is 0. The summed E-state index contributed by atoms with van der Waals surface area (Å²) < 4.78 is 10.2. The zero-order valence-corrected chi connectivity index (χ0v) is 9.76. The highest BCUT2D eigenvalue weighted by atomic mass is 32.1. The van der Waals surface area contributed by atoms with Crippen LogP contribution in [0.4, 0.5) is 0 Å². The SMILES string of the molecule is COCCNC(=S)N1CCOC(CO)C1. The zero-order chi connectivity index (χ0) is 11.1. The van der Waals surface area contributed by atoms with Crippen molar-refractivity contribution >= 4 is 17.3 Å². The summed E-state index contributed by atoms with van der Waals surface area (Å²) in [6.45, 7) is 3.41. The third kappa shape index (κ3) is 4.29. The molecule has 1 aliphatic rings. The molecule has 0 amide bonds. The van der Waals surface area contributed by atoms with Crippen LogP contribution < -0.4 is 5.32 Å². The second-order valence-electron chi connectivity index (χ2n) is 3.35. The monoisotopic (exact) mass is 234 g/mol. The first-order chi connectivity index (χ1) is 7.27. The summed E-state index contributed by atoms with van der Waals surface area (Å²) in [7, 11) is 1.65. The van der Waals surface area contributed by atoms with Crippen molar-refractivity contribution < 1.29 is 14.6 Å². The average molecular weight is 234 g/mol. The average Bonchev–Trinajstić information content (AvgIpc) is 2.29. The lowest BCUT2D eigenvalue weighted by Crippen LogP contribution is -2.50. The van der Waals surface area contributed by atoms with Crippen LogP contribution in [0.2, 0.25) is 0 Å². The molecule has 0 radical (unpaired) electrons. The summed E-state index contributed by atoms with van der Waals surface area (Å²) >= 11 is 5.21. The topological polar surface area (TPSA) is 54.0 Å². The lowest BCUT2D eigenvalue weighted by Gasteiger charge is -2.33. The van der Waals surface area contributed by atoms with Gasteiger partial charge in [-0.05, 0) is 12.2 Å². The molecule has 1 heterocycles. The molecular formula is C9H18N2O3S. The maximum absolute atomic E-state index is 8.97. The molecule has 0 spiro atoms. The quantitative estimate of drug-likeness (QED) is 0.491. The standard InChI is InChI=1S/C9H18N2O3S/c1-13-4-2-10-9(15)11-3-5-14-8(6-11)7-12/h8,12H,2-7H2,1H3,(H,10,15). The van der Waals surface area contributed by atoms with E-state index in [9.17, 15) is 0 Å². The molecule has 1 rings (SSSR count). The minimum Gasteiger partial charge on any atom is -0.394 e. The number of rotatable bonds is 4. The van der Waals surface area contributed by atoms with Crippen LogP contribution >= 0.6 is 12.2 Å². The molecule has 0 bridgehead atoms. The van der Waals surface area contributed by atoms with Gasteiger partial charge in [-0.25, -0.2) is 0 Å². The third-order valence-corrected chi connectivity index (χ3v) is 2.61. The highest BCUT2D eigenvalue weighted by molar-refractivity contribution is 7.80. The van der Waals surface area contributed by atoms with Gasteiger partial charge < -0.3 is 24.8 Å².